The van der Waals surface area contributed by atoms with Crippen LogP contribution in [0.2, 0.25) is 0 Å². The SMILES string of the molecule is [NH3+][C@@H](Cc1ccc(O)c(Br)c1)C(=O)[O-]. The standard InChI is InChI=1S/C9H10BrNO3/c10-6-3-5(1-2-8(6)12)4-7(11)9(13)14/h1-3,7,12H,4,11H2,(H,13,14)/t7-/m0/s1. The zero-order valence-corrected chi connectivity index (χ0v) is 8.95. The Kier molecular flexibility index (Phi) is 3.49. The van der Waals surface area contributed by atoms with Crippen molar-refractivity contribution in [1.82, 2.24) is 0 Å². The monoisotopic (exact) mass is 259 g/mol. The van der Waals surface area contributed by atoms with Crippen LogP contribution >= 0.6 is 15.9 Å². The van der Waals surface area contributed by atoms with Crippen molar-refractivity contribution in [2.24, 2.45) is 0 Å². The van der Waals surface area contributed by atoms with Gasteiger partial charge in [-0.05, 0) is 33.6 Å². The molecule has 0 aromatic heterocycles. The molecule has 1 aromatic carbocycles. The smallest absolute Gasteiger partial charge is 0.129 e. The van der Waals surface area contributed by atoms with E-state index in [4.69, 9.17) is 0 Å². The van der Waals surface area contributed by atoms with Crippen molar-refractivity contribution < 1.29 is 20.7 Å². The molecule has 4 nitrogen and oxygen atoms in total. The van der Waals surface area contributed by atoms with Gasteiger partial charge in [-0.25, -0.2) is 0 Å². The molecule has 5 heteroatoms. The molecule has 1 rings (SSSR count). The van der Waals surface area contributed by atoms with Crippen molar-refractivity contribution in [3.8, 4) is 5.75 Å². The van der Waals surface area contributed by atoms with Gasteiger partial charge < -0.3 is 20.7 Å². The molecule has 0 bridgehead atoms. The molecule has 0 fully saturated rings. The highest BCUT2D eigenvalue weighted by Gasteiger charge is 2.09. The summed E-state index contributed by atoms with van der Waals surface area (Å²) in [5.74, 6) is -1.04. The molecule has 0 saturated heterocycles. The quantitative estimate of drug-likeness (QED) is 0.735. The van der Waals surface area contributed by atoms with Gasteiger partial charge >= 0.3 is 0 Å². The number of rotatable bonds is 3. The fraction of sp³-hybridized carbons (Fsp3) is 0.222. The first-order valence-electron chi connectivity index (χ1n) is 4.02. The Morgan fingerprint density at radius 3 is 2.79 bits per heavy atom. The predicted molar refractivity (Wildman–Crippen MR) is 51.2 cm³/mol. The number of carboxylic acids is 1. The maximum absolute atomic E-state index is 10.4. The molecule has 0 aliphatic carbocycles. The number of carboxylic acid groups (broad SMARTS) is 1. The average molecular weight is 260 g/mol. The molecular formula is C9H10BrNO3. The van der Waals surface area contributed by atoms with Crippen molar-refractivity contribution >= 4 is 21.9 Å². The Bertz CT molecular complexity index is 354. The van der Waals surface area contributed by atoms with Gasteiger partial charge in [-0.3, -0.25) is 0 Å². The van der Waals surface area contributed by atoms with Crippen molar-refractivity contribution in [1.29, 1.82) is 0 Å². The van der Waals surface area contributed by atoms with Gasteiger partial charge in [0.1, 0.15) is 11.8 Å². The third-order valence-electron chi connectivity index (χ3n) is 1.83. The van der Waals surface area contributed by atoms with E-state index >= 15 is 0 Å². The van der Waals surface area contributed by atoms with Crippen LogP contribution in [-0.4, -0.2) is 17.1 Å². The number of phenolic OH excluding ortho intramolecular Hbond substituents is 1. The lowest BCUT2D eigenvalue weighted by Gasteiger charge is -2.09. The summed E-state index contributed by atoms with van der Waals surface area (Å²) in [5.41, 5.74) is 4.24. The molecule has 14 heavy (non-hydrogen) atoms. The molecule has 0 radical (unpaired) electrons. The number of quaternary nitrogens is 1. The number of phenols is 1. The Hall–Kier alpha value is -1.07. The van der Waals surface area contributed by atoms with Crippen LogP contribution in [0.5, 0.6) is 5.75 Å². The van der Waals surface area contributed by atoms with E-state index in [1.807, 2.05) is 0 Å². The van der Waals surface area contributed by atoms with E-state index in [0.29, 0.717) is 10.9 Å². The lowest BCUT2D eigenvalue weighted by molar-refractivity contribution is -0.437. The van der Waals surface area contributed by atoms with E-state index in [0.717, 1.165) is 5.56 Å². The minimum atomic E-state index is -1.17. The number of aromatic hydroxyl groups is 1. The zero-order chi connectivity index (χ0) is 10.7. The largest absolute Gasteiger partial charge is 0.544 e. The van der Waals surface area contributed by atoms with Crippen molar-refractivity contribution in [3.63, 3.8) is 0 Å². The summed E-state index contributed by atoms with van der Waals surface area (Å²) in [6.07, 6.45) is 0.293. The molecule has 0 saturated carbocycles. The highest BCUT2D eigenvalue weighted by atomic mass is 79.9. The predicted octanol–water partition coefficient (Wildman–Crippen LogP) is -0.942. The summed E-state index contributed by atoms with van der Waals surface area (Å²) in [4.78, 5) is 10.4. The van der Waals surface area contributed by atoms with Crippen LogP contribution in [0.25, 0.3) is 0 Å². The lowest BCUT2D eigenvalue weighted by Crippen LogP contribution is -2.69. The second-order valence-electron chi connectivity index (χ2n) is 3.01. The van der Waals surface area contributed by atoms with Crippen LogP contribution in [-0.2, 0) is 11.2 Å². The van der Waals surface area contributed by atoms with E-state index < -0.39 is 12.0 Å². The summed E-state index contributed by atoms with van der Waals surface area (Å²) >= 11 is 3.14. The number of carbonyl (C=O) groups is 1. The topological polar surface area (TPSA) is 88.0 Å². The molecule has 0 amide bonds. The molecule has 1 aromatic rings. The van der Waals surface area contributed by atoms with Gasteiger partial charge in [-0.1, -0.05) is 6.07 Å². The van der Waals surface area contributed by atoms with E-state index in [9.17, 15) is 15.0 Å². The Morgan fingerprint density at radius 1 is 1.64 bits per heavy atom. The van der Waals surface area contributed by atoms with Crippen molar-refractivity contribution in [2.75, 3.05) is 0 Å². The van der Waals surface area contributed by atoms with E-state index in [-0.39, 0.29) is 5.75 Å². The van der Waals surface area contributed by atoms with E-state index in [1.54, 1.807) is 12.1 Å². The maximum atomic E-state index is 10.4. The average Bonchev–Trinajstić information content (AvgIpc) is 2.11. The first-order valence-corrected chi connectivity index (χ1v) is 4.81. The summed E-state index contributed by atoms with van der Waals surface area (Å²) in [5, 5.41) is 19.6. The van der Waals surface area contributed by atoms with Gasteiger partial charge in [0.15, 0.2) is 0 Å². The van der Waals surface area contributed by atoms with Crippen LogP contribution in [0.1, 0.15) is 5.56 Å². The second-order valence-corrected chi connectivity index (χ2v) is 3.86. The van der Waals surface area contributed by atoms with Crippen LogP contribution in [0.4, 0.5) is 0 Å². The van der Waals surface area contributed by atoms with E-state index in [2.05, 4.69) is 21.7 Å². The van der Waals surface area contributed by atoms with Crippen LogP contribution < -0.4 is 10.8 Å². The number of hydrogen-bond donors (Lipinski definition) is 2. The third-order valence-corrected chi connectivity index (χ3v) is 2.46. The second kappa shape index (κ2) is 4.43. The van der Waals surface area contributed by atoms with Crippen LogP contribution in [0, 0.1) is 0 Å². The van der Waals surface area contributed by atoms with Gasteiger partial charge in [-0.2, -0.15) is 0 Å². The highest BCUT2D eigenvalue weighted by molar-refractivity contribution is 9.10. The Labute approximate surface area is 89.5 Å². The molecule has 1 atom stereocenters. The molecule has 0 aliphatic rings. The zero-order valence-electron chi connectivity index (χ0n) is 7.37. The van der Waals surface area contributed by atoms with Gasteiger partial charge in [0.05, 0.1) is 10.4 Å². The van der Waals surface area contributed by atoms with Crippen LogP contribution in [0.3, 0.4) is 0 Å². The first kappa shape index (κ1) is 11.0. The summed E-state index contributed by atoms with van der Waals surface area (Å²) in [6.45, 7) is 0. The Morgan fingerprint density at radius 2 is 2.29 bits per heavy atom. The minimum Gasteiger partial charge on any atom is -0.544 e. The molecule has 76 valence electrons. The Balaban J connectivity index is 2.78. The van der Waals surface area contributed by atoms with Gasteiger partial charge in [-0.15, -0.1) is 0 Å². The van der Waals surface area contributed by atoms with Gasteiger partial charge in [0.25, 0.3) is 0 Å². The number of aliphatic carboxylic acids is 1. The highest BCUT2D eigenvalue weighted by Crippen LogP contribution is 2.24. The molecule has 0 spiro atoms. The lowest BCUT2D eigenvalue weighted by atomic mass is 10.1. The van der Waals surface area contributed by atoms with Gasteiger partial charge in [0.2, 0.25) is 0 Å². The summed E-state index contributed by atoms with van der Waals surface area (Å²) in [6, 6.07) is 4.05. The summed E-state index contributed by atoms with van der Waals surface area (Å²) < 4.78 is 0.542. The van der Waals surface area contributed by atoms with Crippen molar-refractivity contribution in [2.45, 2.75) is 12.5 Å². The maximum Gasteiger partial charge on any atom is 0.129 e. The number of carbonyl (C=O) groups excluding carboxylic acids is 1. The molecule has 0 unspecified atom stereocenters. The first-order chi connectivity index (χ1) is 6.50. The minimum absolute atomic E-state index is 0.128. The van der Waals surface area contributed by atoms with Crippen LogP contribution in [0.15, 0.2) is 22.7 Å². The molecule has 0 heterocycles. The number of benzene rings is 1. The fourth-order valence-electron chi connectivity index (χ4n) is 1.05. The van der Waals surface area contributed by atoms with Crippen molar-refractivity contribution in [3.05, 3.63) is 28.2 Å². The summed E-state index contributed by atoms with van der Waals surface area (Å²) in [7, 11) is 0. The fourth-order valence-corrected chi connectivity index (χ4v) is 1.47. The molecule has 4 N–H and O–H groups in total. The normalized spacial score (nSPS) is 12.4. The number of hydrogen-bond acceptors (Lipinski definition) is 3. The molecular weight excluding hydrogens is 250 g/mol. The molecule has 0 aliphatic heterocycles. The number of halogens is 1. The third kappa shape index (κ3) is 2.71. The van der Waals surface area contributed by atoms with Gasteiger partial charge in [0, 0.05) is 6.42 Å². The van der Waals surface area contributed by atoms with E-state index in [1.165, 1.54) is 6.07 Å².